The number of ether oxygens (including phenoxy) is 1. The number of rotatable bonds is 4. The maximum atomic E-state index is 12.6. The van der Waals surface area contributed by atoms with Crippen LogP contribution in [0.3, 0.4) is 0 Å². The molecular formula is C19H23N3O2. The van der Waals surface area contributed by atoms with E-state index in [0.717, 1.165) is 37.1 Å². The van der Waals surface area contributed by atoms with E-state index >= 15 is 0 Å². The van der Waals surface area contributed by atoms with Crippen LogP contribution in [-0.2, 0) is 16.0 Å². The van der Waals surface area contributed by atoms with E-state index in [9.17, 15) is 4.79 Å². The summed E-state index contributed by atoms with van der Waals surface area (Å²) in [4.78, 5) is 14.7. The van der Waals surface area contributed by atoms with Crippen molar-refractivity contribution in [3.05, 3.63) is 48.3 Å². The molecule has 0 N–H and O–H groups in total. The van der Waals surface area contributed by atoms with Crippen LogP contribution in [0.15, 0.2) is 42.7 Å². The summed E-state index contributed by atoms with van der Waals surface area (Å²) in [6.45, 7) is 1.42. The van der Waals surface area contributed by atoms with Crippen molar-refractivity contribution in [1.82, 2.24) is 14.7 Å². The van der Waals surface area contributed by atoms with Crippen LogP contribution in [0.1, 0.15) is 31.2 Å². The van der Waals surface area contributed by atoms with Crippen LogP contribution >= 0.6 is 0 Å². The summed E-state index contributed by atoms with van der Waals surface area (Å²) in [5, 5.41) is 4.40. The fraction of sp³-hybridized carbons (Fsp3) is 0.474. The number of benzene rings is 1. The highest BCUT2D eigenvalue weighted by atomic mass is 16.5. The summed E-state index contributed by atoms with van der Waals surface area (Å²) in [5.74, 6) is 0.252. The SMILES string of the molecule is O=C(CCc1cnn(-c2ccccc2)c1)N1CCO[C@H]2CCC[C@@H]21. The zero-order valence-corrected chi connectivity index (χ0v) is 13.8. The van der Waals surface area contributed by atoms with Gasteiger partial charge in [0.05, 0.1) is 30.6 Å². The van der Waals surface area contributed by atoms with Crippen molar-refractivity contribution < 1.29 is 9.53 Å². The Morgan fingerprint density at radius 1 is 1.25 bits per heavy atom. The van der Waals surface area contributed by atoms with Crippen LogP contribution in [0.5, 0.6) is 0 Å². The number of carbonyl (C=O) groups excluding carboxylic acids is 1. The van der Waals surface area contributed by atoms with E-state index in [2.05, 4.69) is 10.00 Å². The van der Waals surface area contributed by atoms with Gasteiger partial charge in [0.1, 0.15) is 0 Å². The molecule has 5 heteroatoms. The molecule has 0 radical (unpaired) electrons. The molecule has 2 aliphatic rings. The van der Waals surface area contributed by atoms with Gasteiger partial charge in [-0.1, -0.05) is 18.2 Å². The normalized spacial score (nSPS) is 23.2. The lowest BCUT2D eigenvalue weighted by Crippen LogP contribution is -2.51. The van der Waals surface area contributed by atoms with E-state index in [1.54, 1.807) is 0 Å². The number of carbonyl (C=O) groups is 1. The summed E-state index contributed by atoms with van der Waals surface area (Å²) >= 11 is 0. The van der Waals surface area contributed by atoms with E-state index in [4.69, 9.17) is 4.74 Å². The van der Waals surface area contributed by atoms with Gasteiger partial charge in [0.25, 0.3) is 0 Å². The van der Waals surface area contributed by atoms with Crippen molar-refractivity contribution in [3.8, 4) is 5.69 Å². The fourth-order valence-corrected chi connectivity index (χ4v) is 3.84. The molecule has 2 atom stereocenters. The number of hydrogen-bond donors (Lipinski definition) is 0. The van der Waals surface area contributed by atoms with E-state index in [-0.39, 0.29) is 12.0 Å². The molecule has 0 spiro atoms. The lowest BCUT2D eigenvalue weighted by Gasteiger charge is -2.37. The molecule has 0 bridgehead atoms. The molecule has 1 aliphatic carbocycles. The first kappa shape index (κ1) is 15.4. The van der Waals surface area contributed by atoms with Crippen molar-refractivity contribution in [2.24, 2.45) is 0 Å². The zero-order chi connectivity index (χ0) is 16.4. The van der Waals surface area contributed by atoms with E-state index in [0.29, 0.717) is 19.1 Å². The van der Waals surface area contributed by atoms with Gasteiger partial charge in [-0.15, -0.1) is 0 Å². The molecule has 5 nitrogen and oxygen atoms in total. The van der Waals surface area contributed by atoms with Crippen LogP contribution in [0, 0.1) is 0 Å². The van der Waals surface area contributed by atoms with E-state index < -0.39 is 0 Å². The topological polar surface area (TPSA) is 47.4 Å². The average Bonchev–Trinajstić information content (AvgIpc) is 3.29. The minimum Gasteiger partial charge on any atom is -0.374 e. The molecule has 1 aliphatic heterocycles. The second-order valence-corrected chi connectivity index (χ2v) is 6.62. The Kier molecular flexibility index (Phi) is 4.34. The number of hydrogen-bond acceptors (Lipinski definition) is 3. The van der Waals surface area contributed by atoms with Gasteiger partial charge in [0, 0.05) is 19.2 Å². The average molecular weight is 325 g/mol. The first-order valence-electron chi connectivity index (χ1n) is 8.81. The number of fused-ring (bicyclic) bond motifs is 1. The molecule has 2 aromatic rings. The number of amides is 1. The summed E-state index contributed by atoms with van der Waals surface area (Å²) < 4.78 is 7.65. The van der Waals surface area contributed by atoms with Gasteiger partial charge in [-0.25, -0.2) is 4.68 Å². The molecule has 0 unspecified atom stereocenters. The predicted molar refractivity (Wildman–Crippen MR) is 91.0 cm³/mol. The fourth-order valence-electron chi connectivity index (χ4n) is 3.84. The molecule has 2 heterocycles. The summed E-state index contributed by atoms with van der Waals surface area (Å²) in [6.07, 6.45) is 8.77. The van der Waals surface area contributed by atoms with Crippen LogP contribution in [-0.4, -0.2) is 45.9 Å². The van der Waals surface area contributed by atoms with Crippen molar-refractivity contribution in [2.75, 3.05) is 13.2 Å². The van der Waals surface area contributed by atoms with Gasteiger partial charge in [0.15, 0.2) is 0 Å². The third-order valence-corrected chi connectivity index (χ3v) is 5.09. The summed E-state index contributed by atoms with van der Waals surface area (Å²) in [5.41, 5.74) is 2.14. The van der Waals surface area contributed by atoms with Crippen molar-refractivity contribution in [3.63, 3.8) is 0 Å². The van der Waals surface area contributed by atoms with Crippen LogP contribution in [0.25, 0.3) is 5.69 Å². The molecule has 2 fully saturated rings. The lowest BCUT2D eigenvalue weighted by molar-refractivity contribution is -0.143. The van der Waals surface area contributed by atoms with Gasteiger partial charge >= 0.3 is 0 Å². The third kappa shape index (κ3) is 3.08. The Bertz CT molecular complexity index is 698. The number of nitrogens with zero attached hydrogens (tertiary/aromatic N) is 3. The Balaban J connectivity index is 1.37. The van der Waals surface area contributed by atoms with Crippen LogP contribution in [0.2, 0.25) is 0 Å². The van der Waals surface area contributed by atoms with E-state index in [1.165, 1.54) is 6.42 Å². The van der Waals surface area contributed by atoms with Crippen molar-refractivity contribution >= 4 is 5.91 Å². The molecule has 4 rings (SSSR count). The second kappa shape index (κ2) is 6.77. The van der Waals surface area contributed by atoms with Crippen LogP contribution in [0.4, 0.5) is 0 Å². The highest BCUT2D eigenvalue weighted by Gasteiger charge is 2.37. The quantitative estimate of drug-likeness (QED) is 0.868. The van der Waals surface area contributed by atoms with Gasteiger partial charge in [-0.2, -0.15) is 5.10 Å². The Morgan fingerprint density at radius 2 is 2.12 bits per heavy atom. The molecule has 1 saturated carbocycles. The minimum absolute atomic E-state index is 0.252. The van der Waals surface area contributed by atoms with Crippen LogP contribution < -0.4 is 0 Å². The third-order valence-electron chi connectivity index (χ3n) is 5.09. The first-order chi connectivity index (χ1) is 11.8. The number of para-hydroxylation sites is 1. The molecular weight excluding hydrogens is 302 g/mol. The van der Waals surface area contributed by atoms with Crippen molar-refractivity contribution in [1.29, 1.82) is 0 Å². The minimum atomic E-state index is 0.252. The second-order valence-electron chi connectivity index (χ2n) is 6.62. The lowest BCUT2D eigenvalue weighted by atomic mass is 10.1. The maximum absolute atomic E-state index is 12.6. The molecule has 1 amide bonds. The summed E-state index contributed by atoms with van der Waals surface area (Å²) in [7, 11) is 0. The predicted octanol–water partition coefficient (Wildman–Crippen LogP) is 2.58. The van der Waals surface area contributed by atoms with Crippen molar-refractivity contribution in [2.45, 2.75) is 44.2 Å². The highest BCUT2D eigenvalue weighted by Crippen LogP contribution is 2.30. The number of aromatic nitrogens is 2. The molecule has 1 aromatic carbocycles. The van der Waals surface area contributed by atoms with Gasteiger partial charge in [-0.05, 0) is 43.4 Å². The standard InChI is InChI=1S/C19H23N3O2/c23-19(21-11-12-24-18-8-4-7-17(18)21)10-9-15-13-20-22(14-15)16-5-2-1-3-6-16/h1-3,5-6,13-14,17-18H,4,7-12H2/t17-,18-/m0/s1. The molecule has 126 valence electrons. The Labute approximate surface area is 142 Å². The van der Waals surface area contributed by atoms with Gasteiger partial charge in [0.2, 0.25) is 5.91 Å². The largest absolute Gasteiger partial charge is 0.374 e. The number of morpholine rings is 1. The molecule has 24 heavy (non-hydrogen) atoms. The summed E-state index contributed by atoms with van der Waals surface area (Å²) in [6, 6.07) is 10.3. The first-order valence-corrected chi connectivity index (χ1v) is 8.81. The monoisotopic (exact) mass is 325 g/mol. The Morgan fingerprint density at radius 3 is 3.00 bits per heavy atom. The Hall–Kier alpha value is -2.14. The maximum Gasteiger partial charge on any atom is 0.223 e. The zero-order valence-electron chi connectivity index (χ0n) is 13.8. The van der Waals surface area contributed by atoms with E-state index in [1.807, 2.05) is 47.4 Å². The highest BCUT2D eigenvalue weighted by molar-refractivity contribution is 5.77. The molecule has 1 saturated heterocycles. The number of aryl methyl sites for hydroxylation is 1. The molecule has 1 aromatic heterocycles. The smallest absolute Gasteiger partial charge is 0.223 e. The van der Waals surface area contributed by atoms with Gasteiger partial charge in [-0.3, -0.25) is 4.79 Å². The van der Waals surface area contributed by atoms with Gasteiger partial charge < -0.3 is 9.64 Å².